The highest BCUT2D eigenvalue weighted by Gasteiger charge is 2.12. The Kier molecular flexibility index (Phi) is 4.08. The normalized spacial score (nSPS) is 11.2. The third-order valence-electron chi connectivity index (χ3n) is 3.18. The predicted octanol–water partition coefficient (Wildman–Crippen LogP) is 4.05. The molecule has 0 aliphatic heterocycles. The van der Waals surface area contributed by atoms with E-state index in [2.05, 4.69) is 9.97 Å². The van der Waals surface area contributed by atoms with Gasteiger partial charge in [0.15, 0.2) is 5.65 Å². The number of aryl methyl sites for hydroxylation is 1. The fourth-order valence-electron chi connectivity index (χ4n) is 2.29. The van der Waals surface area contributed by atoms with Gasteiger partial charge >= 0.3 is 0 Å². The zero-order valence-corrected chi connectivity index (χ0v) is 12.6. The lowest BCUT2D eigenvalue weighted by Gasteiger charge is -2.08. The molecule has 0 aliphatic rings. The van der Waals surface area contributed by atoms with Crippen LogP contribution < -0.4 is 0 Å². The summed E-state index contributed by atoms with van der Waals surface area (Å²) in [5.41, 5.74) is 2.30. The first-order valence-corrected chi connectivity index (χ1v) is 7.39. The molecule has 3 nitrogen and oxygen atoms in total. The van der Waals surface area contributed by atoms with Crippen molar-refractivity contribution >= 4 is 34.4 Å². The number of fused-ring (bicyclic) bond motifs is 1. The maximum absolute atomic E-state index is 13.3. The fraction of sp³-hybridized carbons (Fsp3) is 0.200. The highest BCUT2D eigenvalue weighted by atomic mass is 35.5. The van der Waals surface area contributed by atoms with Crippen LogP contribution in [0.3, 0.4) is 0 Å². The summed E-state index contributed by atoms with van der Waals surface area (Å²) >= 11 is 11.8. The molecular formula is C15H12Cl2FN3. The van der Waals surface area contributed by atoms with Crippen molar-refractivity contribution in [1.82, 2.24) is 14.5 Å². The molecule has 21 heavy (non-hydrogen) atoms. The molecule has 0 N–H and O–H groups in total. The average molecular weight is 324 g/mol. The van der Waals surface area contributed by atoms with E-state index < -0.39 is 0 Å². The highest BCUT2D eigenvalue weighted by Crippen LogP contribution is 2.20. The van der Waals surface area contributed by atoms with Crippen molar-refractivity contribution < 1.29 is 4.39 Å². The zero-order chi connectivity index (χ0) is 14.8. The molecule has 2 heterocycles. The Morgan fingerprint density at radius 3 is 2.86 bits per heavy atom. The lowest BCUT2D eigenvalue weighted by Crippen LogP contribution is -2.07. The molecule has 6 heteroatoms. The second-order valence-electron chi connectivity index (χ2n) is 4.68. The Bertz CT molecular complexity index is 786. The van der Waals surface area contributed by atoms with Gasteiger partial charge in [-0.05, 0) is 23.8 Å². The van der Waals surface area contributed by atoms with Crippen molar-refractivity contribution in [2.45, 2.75) is 13.0 Å². The monoisotopic (exact) mass is 323 g/mol. The van der Waals surface area contributed by atoms with Crippen molar-refractivity contribution in [3.05, 3.63) is 58.8 Å². The number of pyridine rings is 1. The lowest BCUT2D eigenvalue weighted by atomic mass is 10.2. The Morgan fingerprint density at radius 1 is 1.24 bits per heavy atom. The summed E-state index contributed by atoms with van der Waals surface area (Å²) in [6.45, 7) is 0.495. The smallest absolute Gasteiger partial charge is 0.160 e. The van der Waals surface area contributed by atoms with Gasteiger partial charge in [-0.15, -0.1) is 11.6 Å². The second kappa shape index (κ2) is 6.00. The summed E-state index contributed by atoms with van der Waals surface area (Å²) in [4.78, 5) is 8.85. The van der Waals surface area contributed by atoms with Gasteiger partial charge in [-0.2, -0.15) is 0 Å². The molecule has 0 aliphatic carbocycles. The Labute approximate surface area is 131 Å². The Balaban J connectivity index is 2.08. The number of alkyl halides is 1. The minimum atomic E-state index is -0.258. The van der Waals surface area contributed by atoms with Gasteiger partial charge in [0.1, 0.15) is 17.2 Å². The Hall–Kier alpha value is -1.65. The van der Waals surface area contributed by atoms with Crippen LogP contribution in [0.15, 0.2) is 36.5 Å². The van der Waals surface area contributed by atoms with Crippen LogP contribution in [-0.2, 0) is 13.0 Å². The zero-order valence-electron chi connectivity index (χ0n) is 11.1. The molecule has 0 unspecified atom stereocenters. The van der Waals surface area contributed by atoms with E-state index in [9.17, 15) is 4.39 Å². The molecule has 2 aromatic heterocycles. The summed E-state index contributed by atoms with van der Waals surface area (Å²) in [5, 5.41) is 0.537. The third-order valence-corrected chi connectivity index (χ3v) is 3.57. The molecule has 0 radical (unpaired) electrons. The van der Waals surface area contributed by atoms with Crippen molar-refractivity contribution in [3.63, 3.8) is 0 Å². The average Bonchev–Trinajstić information content (AvgIpc) is 2.76. The molecule has 0 saturated carbocycles. The van der Waals surface area contributed by atoms with Crippen molar-refractivity contribution in [3.8, 4) is 0 Å². The minimum Gasteiger partial charge on any atom is -0.308 e. The van der Waals surface area contributed by atoms with Crippen molar-refractivity contribution in [2.75, 3.05) is 5.88 Å². The number of imidazole rings is 1. The summed E-state index contributed by atoms with van der Waals surface area (Å²) in [6.07, 6.45) is 2.20. The van der Waals surface area contributed by atoms with E-state index in [1.165, 1.54) is 12.1 Å². The van der Waals surface area contributed by atoms with E-state index in [-0.39, 0.29) is 5.82 Å². The van der Waals surface area contributed by atoms with Gasteiger partial charge in [-0.25, -0.2) is 14.4 Å². The van der Waals surface area contributed by atoms with Gasteiger partial charge in [0.2, 0.25) is 0 Å². The second-order valence-corrected chi connectivity index (χ2v) is 5.49. The first-order chi connectivity index (χ1) is 10.2. The number of aromatic nitrogens is 3. The van der Waals surface area contributed by atoms with Gasteiger partial charge in [-0.3, -0.25) is 0 Å². The topological polar surface area (TPSA) is 30.7 Å². The quantitative estimate of drug-likeness (QED) is 0.678. The molecule has 0 amide bonds. The van der Waals surface area contributed by atoms with Crippen LogP contribution in [-0.4, -0.2) is 20.4 Å². The van der Waals surface area contributed by atoms with Gasteiger partial charge in [0.05, 0.1) is 11.6 Å². The van der Waals surface area contributed by atoms with Gasteiger partial charge in [-0.1, -0.05) is 23.7 Å². The van der Waals surface area contributed by atoms with Crippen LogP contribution in [0, 0.1) is 5.82 Å². The third kappa shape index (κ3) is 3.01. The minimum absolute atomic E-state index is 0.258. The van der Waals surface area contributed by atoms with E-state index >= 15 is 0 Å². The van der Waals surface area contributed by atoms with Crippen LogP contribution in [0.2, 0.25) is 5.02 Å². The van der Waals surface area contributed by atoms with Crippen molar-refractivity contribution in [2.24, 2.45) is 0 Å². The van der Waals surface area contributed by atoms with Crippen LogP contribution in [0.1, 0.15) is 11.4 Å². The van der Waals surface area contributed by atoms with Crippen molar-refractivity contribution in [1.29, 1.82) is 0 Å². The first kappa shape index (κ1) is 14.3. The number of hydrogen-bond donors (Lipinski definition) is 0. The molecule has 0 saturated heterocycles. The summed E-state index contributed by atoms with van der Waals surface area (Å²) in [5.74, 6) is 1.02. The maximum Gasteiger partial charge on any atom is 0.160 e. The molecule has 3 aromatic rings. The van der Waals surface area contributed by atoms with Crippen LogP contribution in [0.25, 0.3) is 11.2 Å². The largest absolute Gasteiger partial charge is 0.308 e. The van der Waals surface area contributed by atoms with Crippen LogP contribution >= 0.6 is 23.2 Å². The van der Waals surface area contributed by atoms with Gasteiger partial charge in [0.25, 0.3) is 0 Å². The maximum atomic E-state index is 13.3. The summed E-state index contributed by atoms with van der Waals surface area (Å²) in [7, 11) is 0. The molecule has 0 atom stereocenters. The first-order valence-electron chi connectivity index (χ1n) is 6.48. The SMILES string of the molecule is Fc1cccc(Cn2c(CCCl)nc3cc(Cl)cnc32)c1. The van der Waals surface area contributed by atoms with E-state index in [1.54, 1.807) is 18.3 Å². The number of hydrogen-bond acceptors (Lipinski definition) is 2. The Morgan fingerprint density at radius 2 is 2.10 bits per heavy atom. The molecule has 1 aromatic carbocycles. The highest BCUT2D eigenvalue weighted by molar-refractivity contribution is 6.31. The molecule has 0 fully saturated rings. The van der Waals surface area contributed by atoms with Gasteiger partial charge < -0.3 is 4.57 Å². The van der Waals surface area contributed by atoms with E-state index in [1.807, 2.05) is 10.6 Å². The van der Waals surface area contributed by atoms with Gasteiger partial charge in [0, 0.05) is 18.5 Å². The van der Waals surface area contributed by atoms with E-state index in [0.29, 0.717) is 23.9 Å². The van der Waals surface area contributed by atoms with E-state index in [4.69, 9.17) is 23.2 Å². The number of benzene rings is 1. The standard InChI is InChI=1S/C15H12Cl2FN3/c16-5-4-14-20-13-7-11(17)8-19-15(13)21(14)9-10-2-1-3-12(18)6-10/h1-3,6-8H,4-5,9H2. The fourth-order valence-corrected chi connectivity index (χ4v) is 2.61. The lowest BCUT2D eigenvalue weighted by molar-refractivity contribution is 0.623. The molecular weight excluding hydrogens is 312 g/mol. The number of rotatable bonds is 4. The summed E-state index contributed by atoms with van der Waals surface area (Å²) < 4.78 is 15.3. The van der Waals surface area contributed by atoms with Crippen LogP contribution in [0.4, 0.5) is 4.39 Å². The molecule has 108 valence electrons. The molecule has 0 spiro atoms. The summed E-state index contributed by atoms with van der Waals surface area (Å²) in [6, 6.07) is 8.26. The molecule has 3 rings (SSSR count). The number of nitrogens with zero attached hydrogens (tertiary/aromatic N) is 3. The van der Waals surface area contributed by atoms with Crippen LogP contribution in [0.5, 0.6) is 0 Å². The predicted molar refractivity (Wildman–Crippen MR) is 82.5 cm³/mol. The number of halogens is 3. The van der Waals surface area contributed by atoms with E-state index in [0.717, 1.165) is 22.6 Å². The molecule has 0 bridgehead atoms.